The number of benzene rings is 1. The summed E-state index contributed by atoms with van der Waals surface area (Å²) in [6.07, 6.45) is -2.97. The number of nitrogens with zero attached hydrogens (tertiary/aromatic N) is 3. The molecule has 1 saturated heterocycles. The molecule has 1 aromatic heterocycles. The number of aromatic carboxylic acids is 1. The number of anilines is 2. The average molecular weight is 450 g/mol. The summed E-state index contributed by atoms with van der Waals surface area (Å²) in [5.41, 5.74) is -0.195. The molecule has 4 rings (SSSR count). The number of aryl methyl sites for hydroxylation is 1. The van der Waals surface area contributed by atoms with E-state index in [-0.39, 0.29) is 30.3 Å². The molecule has 2 unspecified atom stereocenters. The molecule has 2 heterocycles. The van der Waals surface area contributed by atoms with E-state index in [9.17, 15) is 23.1 Å². The molecule has 7 nitrogen and oxygen atoms in total. The normalized spacial score (nSPS) is 19.6. The van der Waals surface area contributed by atoms with Crippen LogP contribution in [-0.2, 0) is 19.1 Å². The zero-order valence-electron chi connectivity index (χ0n) is 17.9. The molecule has 2 aliphatic rings. The number of hydrogen-bond donors (Lipinski definition) is 2. The van der Waals surface area contributed by atoms with E-state index in [4.69, 9.17) is 4.74 Å². The van der Waals surface area contributed by atoms with E-state index in [1.54, 1.807) is 6.92 Å². The van der Waals surface area contributed by atoms with Crippen molar-refractivity contribution in [2.45, 2.75) is 39.4 Å². The van der Waals surface area contributed by atoms with Crippen LogP contribution >= 0.6 is 0 Å². The SMILES string of the molecule is CCOc1ccc(CNc2nc(N3CC4CC4C3)nc(CC)c2C(=O)O)cc1C(F)(F)F. The number of hydrogen-bond acceptors (Lipinski definition) is 6. The van der Waals surface area contributed by atoms with Crippen LogP contribution in [0.4, 0.5) is 24.9 Å². The third-order valence-electron chi connectivity index (χ3n) is 5.89. The van der Waals surface area contributed by atoms with E-state index < -0.39 is 17.7 Å². The lowest BCUT2D eigenvalue weighted by Gasteiger charge is -2.21. The summed E-state index contributed by atoms with van der Waals surface area (Å²) in [6.45, 7) is 5.20. The Bertz CT molecular complexity index is 1020. The fraction of sp³-hybridized carbons (Fsp3) is 0.500. The van der Waals surface area contributed by atoms with Crippen molar-refractivity contribution in [3.63, 3.8) is 0 Å². The Morgan fingerprint density at radius 2 is 1.97 bits per heavy atom. The van der Waals surface area contributed by atoms with Gasteiger partial charge in [0.05, 0.1) is 17.9 Å². The Morgan fingerprint density at radius 3 is 2.56 bits per heavy atom. The van der Waals surface area contributed by atoms with Gasteiger partial charge >= 0.3 is 12.1 Å². The van der Waals surface area contributed by atoms with E-state index in [2.05, 4.69) is 15.3 Å². The first-order valence-corrected chi connectivity index (χ1v) is 10.7. The van der Waals surface area contributed by atoms with Crippen molar-refractivity contribution in [1.82, 2.24) is 9.97 Å². The van der Waals surface area contributed by atoms with Crippen molar-refractivity contribution >= 4 is 17.7 Å². The van der Waals surface area contributed by atoms with Crippen molar-refractivity contribution in [3.05, 3.63) is 40.6 Å². The van der Waals surface area contributed by atoms with Crippen LogP contribution in [0.2, 0.25) is 0 Å². The Kier molecular flexibility index (Phi) is 5.87. The highest BCUT2D eigenvalue weighted by atomic mass is 19.4. The predicted molar refractivity (Wildman–Crippen MR) is 112 cm³/mol. The van der Waals surface area contributed by atoms with Crippen molar-refractivity contribution in [2.75, 3.05) is 29.9 Å². The maximum atomic E-state index is 13.4. The van der Waals surface area contributed by atoms with Crippen LogP contribution in [0, 0.1) is 11.8 Å². The molecule has 1 saturated carbocycles. The highest BCUT2D eigenvalue weighted by molar-refractivity contribution is 5.94. The summed E-state index contributed by atoms with van der Waals surface area (Å²) in [7, 11) is 0. The molecule has 10 heteroatoms. The molecule has 32 heavy (non-hydrogen) atoms. The number of aromatic nitrogens is 2. The van der Waals surface area contributed by atoms with Crippen molar-refractivity contribution in [3.8, 4) is 5.75 Å². The molecule has 1 aliphatic heterocycles. The van der Waals surface area contributed by atoms with Gasteiger partial charge in [0.25, 0.3) is 0 Å². The molecule has 1 aliphatic carbocycles. The fourth-order valence-electron chi connectivity index (χ4n) is 4.18. The minimum absolute atomic E-state index is 0.0272. The Balaban J connectivity index is 1.62. The van der Waals surface area contributed by atoms with Crippen LogP contribution < -0.4 is 15.0 Å². The zero-order valence-corrected chi connectivity index (χ0v) is 17.9. The average Bonchev–Trinajstić information content (AvgIpc) is 3.36. The van der Waals surface area contributed by atoms with E-state index in [1.165, 1.54) is 18.6 Å². The van der Waals surface area contributed by atoms with Crippen LogP contribution in [0.5, 0.6) is 5.75 Å². The zero-order chi connectivity index (χ0) is 23.0. The molecule has 2 N–H and O–H groups in total. The van der Waals surface area contributed by atoms with Gasteiger partial charge in [0.1, 0.15) is 17.1 Å². The lowest BCUT2D eigenvalue weighted by atomic mass is 10.1. The monoisotopic (exact) mass is 450 g/mol. The number of ether oxygens (including phenoxy) is 1. The molecule has 0 amide bonds. The van der Waals surface area contributed by atoms with Crippen LogP contribution in [-0.4, -0.2) is 40.7 Å². The van der Waals surface area contributed by atoms with Gasteiger partial charge in [-0.1, -0.05) is 13.0 Å². The number of carboxylic acid groups (broad SMARTS) is 1. The largest absolute Gasteiger partial charge is 0.493 e. The molecule has 172 valence electrons. The fourth-order valence-corrected chi connectivity index (χ4v) is 4.18. The van der Waals surface area contributed by atoms with Gasteiger partial charge in [-0.25, -0.2) is 9.78 Å². The molecule has 2 aromatic rings. The number of nitrogens with one attached hydrogen (secondary N) is 1. The van der Waals surface area contributed by atoms with Gasteiger partial charge in [-0.3, -0.25) is 0 Å². The molecule has 0 radical (unpaired) electrons. The number of fused-ring (bicyclic) bond motifs is 1. The number of alkyl halides is 3. The minimum atomic E-state index is -4.57. The van der Waals surface area contributed by atoms with Gasteiger partial charge in [-0.2, -0.15) is 18.2 Å². The van der Waals surface area contributed by atoms with Gasteiger partial charge in [0.15, 0.2) is 0 Å². The number of halogens is 3. The maximum absolute atomic E-state index is 13.4. The van der Waals surface area contributed by atoms with Gasteiger partial charge in [-0.05, 0) is 49.3 Å². The van der Waals surface area contributed by atoms with E-state index in [0.717, 1.165) is 19.2 Å². The summed E-state index contributed by atoms with van der Waals surface area (Å²) in [6, 6.07) is 3.81. The van der Waals surface area contributed by atoms with Gasteiger partial charge < -0.3 is 20.1 Å². The van der Waals surface area contributed by atoms with E-state index in [1.807, 2.05) is 11.8 Å². The summed E-state index contributed by atoms with van der Waals surface area (Å²) in [5.74, 6) is 0.447. The topological polar surface area (TPSA) is 87.6 Å². The van der Waals surface area contributed by atoms with Crippen LogP contribution in [0.15, 0.2) is 18.2 Å². The number of rotatable bonds is 8. The molecular weight excluding hydrogens is 425 g/mol. The van der Waals surface area contributed by atoms with Gasteiger partial charge in [-0.15, -0.1) is 0 Å². The lowest BCUT2D eigenvalue weighted by Crippen LogP contribution is -2.26. The maximum Gasteiger partial charge on any atom is 0.419 e. The minimum Gasteiger partial charge on any atom is -0.493 e. The summed E-state index contributed by atoms with van der Waals surface area (Å²) in [5, 5.41) is 12.7. The first-order chi connectivity index (χ1) is 15.2. The second-order valence-electron chi connectivity index (χ2n) is 8.13. The molecule has 0 bridgehead atoms. The number of carboxylic acids is 1. The first-order valence-electron chi connectivity index (χ1n) is 10.7. The Hall–Kier alpha value is -3.04. The lowest BCUT2D eigenvalue weighted by molar-refractivity contribution is -0.139. The summed E-state index contributed by atoms with van der Waals surface area (Å²) in [4.78, 5) is 22.9. The van der Waals surface area contributed by atoms with E-state index >= 15 is 0 Å². The summed E-state index contributed by atoms with van der Waals surface area (Å²) >= 11 is 0. The van der Waals surface area contributed by atoms with E-state index in [0.29, 0.717) is 35.5 Å². The smallest absolute Gasteiger partial charge is 0.419 e. The van der Waals surface area contributed by atoms with Crippen molar-refractivity contribution < 1.29 is 27.8 Å². The number of carbonyl (C=O) groups is 1. The van der Waals surface area contributed by atoms with Crippen molar-refractivity contribution in [2.24, 2.45) is 11.8 Å². The van der Waals surface area contributed by atoms with Crippen LogP contribution in [0.1, 0.15) is 47.4 Å². The van der Waals surface area contributed by atoms with Crippen LogP contribution in [0.3, 0.4) is 0 Å². The highest BCUT2D eigenvalue weighted by Gasteiger charge is 2.46. The quantitative estimate of drug-likeness (QED) is 0.623. The molecular formula is C22H25F3N4O3. The second-order valence-corrected chi connectivity index (χ2v) is 8.13. The second kappa shape index (κ2) is 8.48. The first kappa shape index (κ1) is 22.2. The highest BCUT2D eigenvalue weighted by Crippen LogP contribution is 2.46. The molecule has 1 aromatic carbocycles. The molecule has 0 spiro atoms. The van der Waals surface area contributed by atoms with Gasteiger partial charge in [0, 0.05) is 19.6 Å². The van der Waals surface area contributed by atoms with Crippen molar-refractivity contribution in [1.29, 1.82) is 0 Å². The molecule has 2 fully saturated rings. The molecule has 2 atom stereocenters. The standard InChI is InChI=1S/C22H25F3N4O3/c1-3-16-18(20(30)31)19(28-21(27-16)29-10-13-8-14(13)11-29)26-9-12-5-6-17(32-4-2)15(7-12)22(23,24)25/h5-7,13-14H,3-4,8-11H2,1-2H3,(H,30,31)(H,26,27,28). The van der Waals surface area contributed by atoms with Crippen LogP contribution in [0.25, 0.3) is 0 Å². The predicted octanol–water partition coefficient (Wildman–Crippen LogP) is 4.22. The number of piperidine rings is 1. The summed E-state index contributed by atoms with van der Waals surface area (Å²) < 4.78 is 45.4. The van der Waals surface area contributed by atoms with Gasteiger partial charge in [0.2, 0.25) is 5.95 Å². The Morgan fingerprint density at radius 1 is 1.25 bits per heavy atom. The third-order valence-corrected chi connectivity index (χ3v) is 5.89. The Labute approximate surface area is 183 Å². The third kappa shape index (κ3) is 4.44.